The summed E-state index contributed by atoms with van der Waals surface area (Å²) < 4.78 is 6.33. The van der Waals surface area contributed by atoms with Gasteiger partial charge in [-0.25, -0.2) is 4.79 Å². The molecule has 5 nitrogen and oxygen atoms in total. The number of ether oxygens (including phenoxy) is 1. The summed E-state index contributed by atoms with van der Waals surface area (Å²) in [5.41, 5.74) is 1.11. The van der Waals surface area contributed by atoms with E-state index in [0.717, 1.165) is 10.0 Å². The van der Waals surface area contributed by atoms with Crippen LogP contribution in [0.15, 0.2) is 46.9 Å². The van der Waals surface area contributed by atoms with E-state index in [1.165, 1.54) is 24.3 Å². The molecule has 0 aliphatic rings. The van der Waals surface area contributed by atoms with Gasteiger partial charge in [-0.15, -0.1) is 0 Å². The number of hydrogen-bond acceptors (Lipinski definition) is 4. The molecule has 0 saturated heterocycles. The Kier molecular flexibility index (Phi) is 4.92. The molecule has 0 aromatic heterocycles. The number of benzene rings is 2. The van der Waals surface area contributed by atoms with Gasteiger partial charge in [0.25, 0.3) is 5.69 Å². The van der Waals surface area contributed by atoms with Gasteiger partial charge in [0.05, 0.1) is 10.5 Å². The van der Waals surface area contributed by atoms with E-state index >= 15 is 0 Å². The summed E-state index contributed by atoms with van der Waals surface area (Å²) >= 11 is 3.39. The van der Waals surface area contributed by atoms with Gasteiger partial charge in [0, 0.05) is 16.6 Å². The number of hydrogen-bond donors (Lipinski definition) is 0. The van der Waals surface area contributed by atoms with Gasteiger partial charge >= 0.3 is 5.97 Å². The zero-order valence-electron chi connectivity index (χ0n) is 12.1. The van der Waals surface area contributed by atoms with Crippen LogP contribution in [0.2, 0.25) is 0 Å². The van der Waals surface area contributed by atoms with E-state index in [-0.39, 0.29) is 17.2 Å². The fourth-order valence-corrected chi connectivity index (χ4v) is 2.32. The van der Waals surface area contributed by atoms with Crippen LogP contribution in [0.4, 0.5) is 5.69 Å². The highest BCUT2D eigenvalue weighted by Crippen LogP contribution is 2.30. The van der Waals surface area contributed by atoms with E-state index in [4.69, 9.17) is 4.74 Å². The molecular formula is C16H14BrNO4. The molecule has 0 N–H and O–H groups in total. The third-order valence-electron chi connectivity index (χ3n) is 3.11. The van der Waals surface area contributed by atoms with Crippen LogP contribution in [0.3, 0.4) is 0 Å². The van der Waals surface area contributed by atoms with Gasteiger partial charge in [0.15, 0.2) is 0 Å². The zero-order valence-corrected chi connectivity index (χ0v) is 13.7. The van der Waals surface area contributed by atoms with Gasteiger partial charge in [-0.2, -0.15) is 0 Å². The predicted octanol–water partition coefficient (Wildman–Crippen LogP) is 4.70. The lowest BCUT2D eigenvalue weighted by Gasteiger charge is -2.13. The topological polar surface area (TPSA) is 69.4 Å². The van der Waals surface area contributed by atoms with E-state index in [9.17, 15) is 14.9 Å². The Bertz CT molecular complexity index is 711. The Morgan fingerprint density at radius 3 is 2.36 bits per heavy atom. The number of carbonyl (C=O) groups excluding carboxylic acids is 1. The van der Waals surface area contributed by atoms with Gasteiger partial charge < -0.3 is 4.74 Å². The van der Waals surface area contributed by atoms with Crippen LogP contribution in [0.25, 0.3) is 0 Å². The molecule has 0 aliphatic carbocycles. The largest absolute Gasteiger partial charge is 0.423 e. The summed E-state index contributed by atoms with van der Waals surface area (Å²) in [7, 11) is 0. The fraction of sp³-hybridized carbons (Fsp3) is 0.188. The van der Waals surface area contributed by atoms with Crippen LogP contribution in [0, 0.1) is 10.1 Å². The summed E-state index contributed by atoms with van der Waals surface area (Å²) in [4.78, 5) is 22.2. The smallest absolute Gasteiger partial charge is 0.343 e. The molecule has 2 aromatic carbocycles. The monoisotopic (exact) mass is 363 g/mol. The number of non-ortho nitro benzene ring substituents is 1. The lowest BCUT2D eigenvalue weighted by molar-refractivity contribution is -0.384. The highest BCUT2D eigenvalue weighted by Gasteiger charge is 2.15. The Hall–Kier alpha value is -2.21. The number of rotatable bonds is 4. The van der Waals surface area contributed by atoms with Gasteiger partial charge in [-0.1, -0.05) is 29.8 Å². The van der Waals surface area contributed by atoms with Gasteiger partial charge in [-0.3, -0.25) is 10.1 Å². The van der Waals surface area contributed by atoms with Crippen molar-refractivity contribution in [2.45, 2.75) is 19.8 Å². The molecular weight excluding hydrogens is 350 g/mol. The predicted molar refractivity (Wildman–Crippen MR) is 86.3 cm³/mol. The van der Waals surface area contributed by atoms with Crippen molar-refractivity contribution in [2.75, 3.05) is 0 Å². The maximum absolute atomic E-state index is 12.2. The normalized spacial score (nSPS) is 10.5. The molecule has 0 saturated carbocycles. The van der Waals surface area contributed by atoms with Crippen LogP contribution in [-0.4, -0.2) is 10.9 Å². The number of carbonyl (C=O) groups is 1. The standard InChI is InChI=1S/C16H14BrNO4/c1-10(2)14-9-12(17)5-8-15(14)22-16(19)11-3-6-13(7-4-11)18(20)21/h3-10H,1-2H3. The number of halogens is 1. The molecule has 0 bridgehead atoms. The van der Waals surface area contributed by atoms with Crippen molar-refractivity contribution in [1.82, 2.24) is 0 Å². The third-order valence-corrected chi connectivity index (χ3v) is 3.60. The number of esters is 1. The highest BCUT2D eigenvalue weighted by molar-refractivity contribution is 9.10. The first-order valence-corrected chi connectivity index (χ1v) is 7.44. The summed E-state index contributed by atoms with van der Waals surface area (Å²) in [6.07, 6.45) is 0. The minimum Gasteiger partial charge on any atom is -0.423 e. The molecule has 2 rings (SSSR count). The average molecular weight is 364 g/mol. The molecule has 114 valence electrons. The minimum atomic E-state index is -0.542. The van der Waals surface area contributed by atoms with Crippen LogP contribution >= 0.6 is 15.9 Å². The SMILES string of the molecule is CC(C)c1cc(Br)ccc1OC(=O)c1ccc([N+](=O)[O-])cc1. The highest BCUT2D eigenvalue weighted by atomic mass is 79.9. The molecule has 0 heterocycles. The molecule has 0 fully saturated rings. The molecule has 0 unspecified atom stereocenters. The summed E-state index contributed by atoms with van der Waals surface area (Å²) in [5, 5.41) is 10.6. The fourth-order valence-electron chi connectivity index (χ4n) is 1.94. The lowest BCUT2D eigenvalue weighted by atomic mass is 10.0. The van der Waals surface area contributed by atoms with E-state index in [1.807, 2.05) is 19.9 Å². The molecule has 22 heavy (non-hydrogen) atoms. The van der Waals surface area contributed by atoms with Crippen molar-refractivity contribution >= 4 is 27.6 Å². The zero-order chi connectivity index (χ0) is 16.3. The van der Waals surface area contributed by atoms with Crippen molar-refractivity contribution in [2.24, 2.45) is 0 Å². The van der Waals surface area contributed by atoms with Crippen LogP contribution in [0.1, 0.15) is 35.7 Å². The molecule has 0 aliphatic heterocycles. The Labute approximate surface area is 136 Å². The van der Waals surface area contributed by atoms with E-state index < -0.39 is 10.9 Å². The minimum absolute atomic E-state index is 0.0666. The van der Waals surface area contributed by atoms with E-state index in [0.29, 0.717) is 5.75 Å². The average Bonchev–Trinajstić information content (AvgIpc) is 2.48. The Morgan fingerprint density at radius 1 is 1.18 bits per heavy atom. The molecule has 2 aromatic rings. The number of nitrogens with zero attached hydrogens (tertiary/aromatic N) is 1. The van der Waals surface area contributed by atoms with Gasteiger partial charge in [-0.05, 0) is 41.8 Å². The first kappa shape index (κ1) is 16.2. The quantitative estimate of drug-likeness (QED) is 0.341. The lowest BCUT2D eigenvalue weighted by Crippen LogP contribution is -2.10. The second kappa shape index (κ2) is 6.70. The second-order valence-electron chi connectivity index (χ2n) is 5.03. The van der Waals surface area contributed by atoms with Gasteiger partial charge in [0.1, 0.15) is 5.75 Å². The molecule has 0 radical (unpaired) electrons. The summed E-state index contributed by atoms with van der Waals surface area (Å²) in [5.74, 6) is 0.137. The van der Waals surface area contributed by atoms with Crippen LogP contribution < -0.4 is 4.74 Å². The van der Waals surface area contributed by atoms with Crippen molar-refractivity contribution in [1.29, 1.82) is 0 Å². The van der Waals surface area contributed by atoms with Crippen molar-refractivity contribution in [3.63, 3.8) is 0 Å². The Morgan fingerprint density at radius 2 is 1.82 bits per heavy atom. The molecule has 6 heteroatoms. The first-order chi connectivity index (χ1) is 10.4. The van der Waals surface area contributed by atoms with Crippen LogP contribution in [0.5, 0.6) is 5.75 Å². The second-order valence-corrected chi connectivity index (χ2v) is 5.95. The maximum Gasteiger partial charge on any atom is 0.343 e. The van der Waals surface area contributed by atoms with Crippen LogP contribution in [-0.2, 0) is 0 Å². The molecule has 0 spiro atoms. The van der Waals surface area contributed by atoms with E-state index in [1.54, 1.807) is 12.1 Å². The Balaban J connectivity index is 2.23. The van der Waals surface area contributed by atoms with Crippen molar-refractivity contribution in [3.05, 3.63) is 68.2 Å². The van der Waals surface area contributed by atoms with Gasteiger partial charge in [0.2, 0.25) is 0 Å². The first-order valence-electron chi connectivity index (χ1n) is 6.64. The molecule has 0 atom stereocenters. The summed E-state index contributed by atoms with van der Waals surface area (Å²) in [6, 6.07) is 10.8. The van der Waals surface area contributed by atoms with E-state index in [2.05, 4.69) is 15.9 Å². The maximum atomic E-state index is 12.2. The van der Waals surface area contributed by atoms with Crippen molar-refractivity contribution < 1.29 is 14.5 Å². The molecule has 0 amide bonds. The van der Waals surface area contributed by atoms with Crippen molar-refractivity contribution in [3.8, 4) is 5.75 Å². The number of nitro groups is 1. The third kappa shape index (κ3) is 3.71. The summed E-state index contributed by atoms with van der Waals surface area (Å²) in [6.45, 7) is 4.01. The number of nitro benzene ring substituents is 1.